The highest BCUT2D eigenvalue weighted by Gasteiger charge is 2.31. The molecule has 2 atom stereocenters. The number of aliphatic imine (C=N–C) groups is 1. The van der Waals surface area contributed by atoms with E-state index in [2.05, 4.69) is 71.2 Å². The van der Waals surface area contributed by atoms with Gasteiger partial charge >= 0.3 is 0 Å². The summed E-state index contributed by atoms with van der Waals surface area (Å²) in [6, 6.07) is 11.0. The van der Waals surface area contributed by atoms with Gasteiger partial charge in [0, 0.05) is 45.3 Å². The first-order valence-electron chi connectivity index (χ1n) is 10.3. The normalized spacial score (nSPS) is 25.5. The molecule has 0 bridgehead atoms. The van der Waals surface area contributed by atoms with Crippen molar-refractivity contribution in [3.8, 4) is 0 Å². The quantitative estimate of drug-likeness (QED) is 0.652. The standard InChI is InChI=1S/C22H36N4O/c1-18-16-25(11-10-20(18)19-8-6-5-7-9-19)21(23-4)24-17-22(2,3)26-12-14-27-15-13-26/h5-9,18,20H,10-17H2,1-4H3,(H,23,24). The third kappa shape index (κ3) is 5.02. The third-order valence-corrected chi connectivity index (χ3v) is 6.19. The molecule has 0 spiro atoms. The summed E-state index contributed by atoms with van der Waals surface area (Å²) in [5, 5.41) is 3.65. The van der Waals surface area contributed by atoms with Gasteiger partial charge in [-0.05, 0) is 37.7 Å². The van der Waals surface area contributed by atoms with E-state index in [1.807, 2.05) is 7.05 Å². The van der Waals surface area contributed by atoms with Gasteiger partial charge in [0.2, 0.25) is 0 Å². The summed E-state index contributed by atoms with van der Waals surface area (Å²) >= 11 is 0. The number of ether oxygens (including phenoxy) is 1. The van der Waals surface area contributed by atoms with Crippen LogP contribution in [0.1, 0.15) is 38.7 Å². The van der Waals surface area contributed by atoms with Crippen LogP contribution in [0.3, 0.4) is 0 Å². The lowest BCUT2D eigenvalue weighted by molar-refractivity contribution is -0.00854. The molecule has 2 unspecified atom stereocenters. The number of rotatable bonds is 4. The topological polar surface area (TPSA) is 40.1 Å². The van der Waals surface area contributed by atoms with Crippen LogP contribution in [0.4, 0.5) is 0 Å². The van der Waals surface area contributed by atoms with Crippen LogP contribution in [0.2, 0.25) is 0 Å². The molecule has 2 aliphatic heterocycles. The maximum Gasteiger partial charge on any atom is 0.193 e. The molecule has 150 valence electrons. The molecule has 2 fully saturated rings. The molecule has 27 heavy (non-hydrogen) atoms. The monoisotopic (exact) mass is 372 g/mol. The van der Waals surface area contributed by atoms with E-state index in [-0.39, 0.29) is 5.54 Å². The summed E-state index contributed by atoms with van der Waals surface area (Å²) in [5.74, 6) is 2.30. The second-order valence-corrected chi connectivity index (χ2v) is 8.54. The Labute approximate surface area is 164 Å². The first-order chi connectivity index (χ1) is 13.0. The van der Waals surface area contributed by atoms with E-state index in [1.165, 1.54) is 12.0 Å². The van der Waals surface area contributed by atoms with Gasteiger partial charge in [0.15, 0.2) is 5.96 Å². The second kappa shape index (κ2) is 9.07. The molecule has 0 aliphatic carbocycles. The zero-order valence-corrected chi connectivity index (χ0v) is 17.4. The van der Waals surface area contributed by atoms with Crippen molar-refractivity contribution in [1.29, 1.82) is 0 Å². The summed E-state index contributed by atoms with van der Waals surface area (Å²) < 4.78 is 5.50. The lowest BCUT2D eigenvalue weighted by Crippen LogP contribution is -2.57. The van der Waals surface area contributed by atoms with Crippen LogP contribution in [0.5, 0.6) is 0 Å². The molecule has 1 aromatic rings. The van der Waals surface area contributed by atoms with Gasteiger partial charge in [-0.3, -0.25) is 9.89 Å². The Morgan fingerprint density at radius 3 is 2.52 bits per heavy atom. The molecule has 0 aromatic heterocycles. The minimum atomic E-state index is 0.0910. The van der Waals surface area contributed by atoms with Crippen LogP contribution >= 0.6 is 0 Å². The predicted molar refractivity (Wildman–Crippen MR) is 112 cm³/mol. The number of piperidine rings is 1. The zero-order valence-electron chi connectivity index (χ0n) is 17.4. The van der Waals surface area contributed by atoms with Crippen LogP contribution in [0.25, 0.3) is 0 Å². The number of nitrogens with one attached hydrogen (secondary N) is 1. The van der Waals surface area contributed by atoms with E-state index < -0.39 is 0 Å². The number of hydrogen-bond donors (Lipinski definition) is 1. The van der Waals surface area contributed by atoms with Crippen LogP contribution in [0.15, 0.2) is 35.3 Å². The Hall–Kier alpha value is -1.59. The van der Waals surface area contributed by atoms with Crippen molar-refractivity contribution >= 4 is 5.96 Å². The highest BCUT2D eigenvalue weighted by Crippen LogP contribution is 2.32. The number of hydrogen-bond acceptors (Lipinski definition) is 3. The van der Waals surface area contributed by atoms with Gasteiger partial charge in [-0.15, -0.1) is 0 Å². The van der Waals surface area contributed by atoms with Crippen LogP contribution in [-0.4, -0.2) is 74.3 Å². The number of guanidine groups is 1. The largest absolute Gasteiger partial charge is 0.379 e. The van der Waals surface area contributed by atoms with E-state index in [9.17, 15) is 0 Å². The second-order valence-electron chi connectivity index (χ2n) is 8.54. The number of morpholine rings is 1. The average molecular weight is 373 g/mol. The van der Waals surface area contributed by atoms with Crippen molar-refractivity contribution in [3.63, 3.8) is 0 Å². The minimum absolute atomic E-state index is 0.0910. The molecule has 2 saturated heterocycles. The summed E-state index contributed by atoms with van der Waals surface area (Å²) in [6.07, 6.45) is 1.18. The molecule has 2 heterocycles. The number of likely N-dealkylation sites (tertiary alicyclic amines) is 1. The van der Waals surface area contributed by atoms with E-state index in [4.69, 9.17) is 4.74 Å². The van der Waals surface area contributed by atoms with Crippen molar-refractivity contribution in [3.05, 3.63) is 35.9 Å². The number of benzene rings is 1. The maximum atomic E-state index is 5.50. The van der Waals surface area contributed by atoms with E-state index >= 15 is 0 Å². The van der Waals surface area contributed by atoms with Gasteiger partial charge in [-0.2, -0.15) is 0 Å². The molecule has 1 N–H and O–H groups in total. The molecule has 5 heteroatoms. The highest BCUT2D eigenvalue weighted by molar-refractivity contribution is 5.80. The highest BCUT2D eigenvalue weighted by atomic mass is 16.5. The van der Waals surface area contributed by atoms with Gasteiger partial charge in [0.05, 0.1) is 13.2 Å². The molecule has 0 saturated carbocycles. The van der Waals surface area contributed by atoms with Gasteiger partial charge in [-0.25, -0.2) is 0 Å². The molecule has 2 aliphatic rings. The Balaban J connectivity index is 1.55. The average Bonchev–Trinajstić information content (AvgIpc) is 2.70. The summed E-state index contributed by atoms with van der Waals surface area (Å²) in [4.78, 5) is 9.53. The molecule has 1 aromatic carbocycles. The third-order valence-electron chi connectivity index (χ3n) is 6.19. The van der Waals surface area contributed by atoms with Crippen LogP contribution in [-0.2, 0) is 4.74 Å². The van der Waals surface area contributed by atoms with E-state index in [1.54, 1.807) is 0 Å². The fourth-order valence-electron chi connectivity index (χ4n) is 4.44. The first kappa shape index (κ1) is 20.2. The van der Waals surface area contributed by atoms with Crippen molar-refractivity contribution in [2.75, 3.05) is 53.0 Å². The van der Waals surface area contributed by atoms with Crippen molar-refractivity contribution in [1.82, 2.24) is 15.1 Å². The van der Waals surface area contributed by atoms with E-state index in [0.717, 1.165) is 51.9 Å². The van der Waals surface area contributed by atoms with Gasteiger partial charge in [0.25, 0.3) is 0 Å². The van der Waals surface area contributed by atoms with Gasteiger partial charge < -0.3 is 15.0 Å². The minimum Gasteiger partial charge on any atom is -0.379 e. The molecule has 5 nitrogen and oxygen atoms in total. The summed E-state index contributed by atoms with van der Waals surface area (Å²) in [7, 11) is 1.90. The zero-order chi connectivity index (χ0) is 19.3. The Bertz CT molecular complexity index is 610. The smallest absolute Gasteiger partial charge is 0.193 e. The number of nitrogens with zero attached hydrogens (tertiary/aromatic N) is 3. The molecule has 0 amide bonds. The first-order valence-corrected chi connectivity index (χ1v) is 10.3. The summed E-state index contributed by atoms with van der Waals surface area (Å²) in [5.41, 5.74) is 1.56. The Morgan fingerprint density at radius 1 is 1.19 bits per heavy atom. The lowest BCUT2D eigenvalue weighted by atomic mass is 9.82. The van der Waals surface area contributed by atoms with Gasteiger partial charge in [0.1, 0.15) is 0 Å². The summed E-state index contributed by atoms with van der Waals surface area (Å²) in [6.45, 7) is 13.7. The van der Waals surface area contributed by atoms with Crippen molar-refractivity contribution in [2.45, 2.75) is 38.6 Å². The van der Waals surface area contributed by atoms with Crippen LogP contribution in [0, 0.1) is 5.92 Å². The van der Waals surface area contributed by atoms with Gasteiger partial charge in [-0.1, -0.05) is 37.3 Å². The fourth-order valence-corrected chi connectivity index (χ4v) is 4.44. The van der Waals surface area contributed by atoms with Crippen molar-refractivity contribution < 1.29 is 4.74 Å². The fraction of sp³-hybridized carbons (Fsp3) is 0.682. The SMILES string of the molecule is CN=C(NCC(C)(C)N1CCOCC1)N1CCC(c2ccccc2)C(C)C1. The lowest BCUT2D eigenvalue weighted by Gasteiger charge is -2.43. The van der Waals surface area contributed by atoms with E-state index in [0.29, 0.717) is 11.8 Å². The maximum absolute atomic E-state index is 5.50. The van der Waals surface area contributed by atoms with Crippen LogP contribution < -0.4 is 5.32 Å². The Morgan fingerprint density at radius 2 is 1.89 bits per heavy atom. The van der Waals surface area contributed by atoms with Crippen molar-refractivity contribution in [2.24, 2.45) is 10.9 Å². The molecule has 0 radical (unpaired) electrons. The molecular weight excluding hydrogens is 336 g/mol. The molecule has 3 rings (SSSR count). The predicted octanol–water partition coefficient (Wildman–Crippen LogP) is 2.80. The Kier molecular flexibility index (Phi) is 6.77. The molecular formula is C22H36N4O.